The van der Waals surface area contributed by atoms with Gasteiger partial charge in [0.1, 0.15) is 11.1 Å². The third-order valence-electron chi connectivity index (χ3n) is 2.67. The average Bonchev–Trinajstić information content (AvgIpc) is 2.16. The summed E-state index contributed by atoms with van der Waals surface area (Å²) >= 11 is 0. The van der Waals surface area contributed by atoms with Crippen LogP contribution in [0.2, 0.25) is 0 Å². The molecule has 0 spiro atoms. The minimum Gasteiger partial charge on any atom is -0.483 e. The highest BCUT2D eigenvalue weighted by Crippen LogP contribution is 2.42. The van der Waals surface area contributed by atoms with Gasteiger partial charge >= 0.3 is 0 Å². The molecule has 2 aromatic rings. The molecule has 1 aliphatic rings. The number of hydrogen-bond donors (Lipinski definition) is 0. The van der Waals surface area contributed by atoms with Crippen LogP contribution in [-0.4, -0.2) is 5.34 Å². The molecule has 2 aromatic carbocycles. The van der Waals surface area contributed by atoms with E-state index in [0.717, 1.165) is 14.3 Å². The zero-order chi connectivity index (χ0) is 10.5. The van der Waals surface area contributed by atoms with E-state index >= 15 is 0 Å². The van der Waals surface area contributed by atoms with Gasteiger partial charge in [-0.15, -0.1) is 0 Å². The smallest absolute Gasteiger partial charge is 0.129 e. The van der Waals surface area contributed by atoms with E-state index in [0.29, 0.717) is 0 Å². The van der Waals surface area contributed by atoms with Crippen LogP contribution in [0, 0.1) is 0 Å². The Bertz CT molecular complexity index is 488. The second-order valence-electron chi connectivity index (χ2n) is 4.40. The molecular formula is C13H13OP. The van der Waals surface area contributed by atoms with Crippen LogP contribution >= 0.6 is 8.58 Å². The topological polar surface area (TPSA) is 9.23 Å². The van der Waals surface area contributed by atoms with E-state index in [4.69, 9.17) is 4.74 Å². The SMILES string of the molecule is CC1(C)Oc2cccc3cccc(c23)P1. The van der Waals surface area contributed by atoms with Crippen LogP contribution in [0.25, 0.3) is 10.8 Å². The van der Waals surface area contributed by atoms with Crippen LogP contribution in [-0.2, 0) is 0 Å². The van der Waals surface area contributed by atoms with Gasteiger partial charge in [0.15, 0.2) is 0 Å². The predicted octanol–water partition coefficient (Wildman–Crippen LogP) is 3.27. The molecule has 0 bridgehead atoms. The third kappa shape index (κ3) is 1.42. The first kappa shape index (κ1) is 9.18. The summed E-state index contributed by atoms with van der Waals surface area (Å²) in [6.45, 7) is 4.31. The maximum Gasteiger partial charge on any atom is 0.129 e. The standard InChI is InChI=1S/C13H13OP/c1-13(2)14-10-7-3-5-9-6-4-8-11(15-13)12(9)10/h3-8,15H,1-2H3. The Labute approximate surface area is 91.2 Å². The highest BCUT2D eigenvalue weighted by Gasteiger charge is 2.27. The lowest BCUT2D eigenvalue weighted by Gasteiger charge is -2.32. The van der Waals surface area contributed by atoms with Crippen LogP contribution < -0.4 is 10.0 Å². The Hall–Kier alpha value is -1.07. The Morgan fingerprint density at radius 2 is 1.80 bits per heavy atom. The molecule has 1 atom stereocenters. The molecule has 3 rings (SSSR count). The van der Waals surface area contributed by atoms with Gasteiger partial charge in [0.05, 0.1) is 0 Å². The molecule has 0 aromatic heterocycles. The third-order valence-corrected chi connectivity index (χ3v) is 4.06. The zero-order valence-electron chi connectivity index (χ0n) is 8.87. The normalized spacial score (nSPS) is 19.1. The van der Waals surface area contributed by atoms with Crippen molar-refractivity contribution in [2.45, 2.75) is 19.2 Å². The molecule has 0 saturated heterocycles. The van der Waals surface area contributed by atoms with Gasteiger partial charge in [-0.05, 0) is 39.2 Å². The van der Waals surface area contributed by atoms with Crippen LogP contribution in [0.4, 0.5) is 0 Å². The molecular weight excluding hydrogens is 203 g/mol. The summed E-state index contributed by atoms with van der Waals surface area (Å²) in [6.07, 6.45) is 0. The van der Waals surface area contributed by atoms with Crippen LogP contribution in [0.3, 0.4) is 0 Å². The van der Waals surface area contributed by atoms with E-state index < -0.39 is 0 Å². The molecule has 1 nitrogen and oxygen atoms in total. The van der Waals surface area contributed by atoms with Crippen molar-refractivity contribution in [3.8, 4) is 5.75 Å². The van der Waals surface area contributed by atoms with E-state index in [2.05, 4.69) is 50.2 Å². The van der Waals surface area contributed by atoms with Crippen molar-refractivity contribution in [3.63, 3.8) is 0 Å². The summed E-state index contributed by atoms with van der Waals surface area (Å²) in [7, 11) is 0.722. The number of rotatable bonds is 0. The van der Waals surface area contributed by atoms with Crippen molar-refractivity contribution < 1.29 is 4.74 Å². The van der Waals surface area contributed by atoms with E-state index in [-0.39, 0.29) is 5.34 Å². The summed E-state index contributed by atoms with van der Waals surface area (Å²) in [4.78, 5) is 0. The summed E-state index contributed by atoms with van der Waals surface area (Å²) in [6, 6.07) is 12.8. The first-order valence-electron chi connectivity index (χ1n) is 5.15. The Balaban J connectivity index is 2.36. The van der Waals surface area contributed by atoms with E-state index in [9.17, 15) is 0 Å². The van der Waals surface area contributed by atoms with Crippen molar-refractivity contribution >= 4 is 24.7 Å². The Morgan fingerprint density at radius 1 is 1.07 bits per heavy atom. The maximum absolute atomic E-state index is 6.00. The molecule has 0 aliphatic carbocycles. The molecule has 0 N–H and O–H groups in total. The number of hydrogen-bond acceptors (Lipinski definition) is 1. The van der Waals surface area contributed by atoms with Gasteiger partial charge in [0, 0.05) is 5.39 Å². The van der Waals surface area contributed by atoms with Gasteiger partial charge < -0.3 is 4.74 Å². The molecule has 0 saturated carbocycles. The van der Waals surface area contributed by atoms with Gasteiger partial charge in [0.25, 0.3) is 0 Å². The van der Waals surface area contributed by atoms with Crippen molar-refractivity contribution in [3.05, 3.63) is 36.4 Å². The van der Waals surface area contributed by atoms with Gasteiger partial charge in [-0.3, -0.25) is 0 Å². The molecule has 1 heterocycles. The second kappa shape index (κ2) is 2.96. The van der Waals surface area contributed by atoms with Gasteiger partial charge in [-0.1, -0.05) is 30.3 Å². The van der Waals surface area contributed by atoms with Crippen molar-refractivity contribution in [1.82, 2.24) is 0 Å². The van der Waals surface area contributed by atoms with Crippen molar-refractivity contribution in [2.75, 3.05) is 0 Å². The summed E-state index contributed by atoms with van der Waals surface area (Å²) < 4.78 is 6.00. The van der Waals surface area contributed by atoms with Gasteiger partial charge in [-0.25, -0.2) is 0 Å². The first-order chi connectivity index (χ1) is 7.16. The fourth-order valence-electron chi connectivity index (χ4n) is 2.12. The summed E-state index contributed by atoms with van der Waals surface area (Å²) in [5, 5.41) is 3.97. The highest BCUT2D eigenvalue weighted by atomic mass is 31.1. The minimum absolute atomic E-state index is 0.0529. The van der Waals surface area contributed by atoms with E-state index in [1.54, 1.807) is 0 Å². The molecule has 1 unspecified atom stereocenters. The van der Waals surface area contributed by atoms with Gasteiger partial charge in [0.2, 0.25) is 0 Å². The van der Waals surface area contributed by atoms with Crippen LogP contribution in [0.5, 0.6) is 5.75 Å². The second-order valence-corrected chi connectivity index (χ2v) is 6.39. The highest BCUT2D eigenvalue weighted by molar-refractivity contribution is 7.49. The lowest BCUT2D eigenvalue weighted by atomic mass is 10.1. The molecule has 2 heteroatoms. The monoisotopic (exact) mass is 216 g/mol. The lowest BCUT2D eigenvalue weighted by molar-refractivity contribution is 0.205. The Kier molecular flexibility index (Phi) is 1.81. The maximum atomic E-state index is 6.00. The quantitative estimate of drug-likeness (QED) is 0.614. The average molecular weight is 216 g/mol. The van der Waals surface area contributed by atoms with E-state index in [1.807, 2.05) is 0 Å². The fraction of sp³-hybridized carbons (Fsp3) is 0.231. The zero-order valence-corrected chi connectivity index (χ0v) is 9.87. The predicted molar refractivity (Wildman–Crippen MR) is 66.6 cm³/mol. The molecule has 1 aliphatic heterocycles. The minimum atomic E-state index is -0.0529. The molecule has 0 amide bonds. The number of ether oxygens (including phenoxy) is 1. The largest absolute Gasteiger partial charge is 0.483 e. The van der Waals surface area contributed by atoms with Crippen LogP contribution in [0.15, 0.2) is 36.4 Å². The number of benzene rings is 2. The fourth-order valence-corrected chi connectivity index (χ4v) is 3.50. The molecule has 15 heavy (non-hydrogen) atoms. The molecule has 76 valence electrons. The van der Waals surface area contributed by atoms with Gasteiger partial charge in [-0.2, -0.15) is 0 Å². The van der Waals surface area contributed by atoms with Crippen LogP contribution in [0.1, 0.15) is 13.8 Å². The summed E-state index contributed by atoms with van der Waals surface area (Å²) in [5.74, 6) is 1.03. The van der Waals surface area contributed by atoms with E-state index in [1.165, 1.54) is 16.1 Å². The molecule has 0 fully saturated rings. The lowest BCUT2D eigenvalue weighted by Crippen LogP contribution is -2.28. The first-order valence-corrected chi connectivity index (χ1v) is 6.15. The molecule has 0 radical (unpaired) electrons. The Morgan fingerprint density at radius 3 is 2.60 bits per heavy atom. The summed E-state index contributed by atoms with van der Waals surface area (Å²) in [5.41, 5.74) is 0. The van der Waals surface area contributed by atoms with Crippen molar-refractivity contribution in [1.29, 1.82) is 0 Å². The van der Waals surface area contributed by atoms with Crippen molar-refractivity contribution in [2.24, 2.45) is 0 Å².